The topological polar surface area (TPSA) is 56.5 Å². The first kappa shape index (κ1) is 16.9. The summed E-state index contributed by atoms with van der Waals surface area (Å²) in [7, 11) is 1.58. The second kappa shape index (κ2) is 6.62. The summed E-state index contributed by atoms with van der Waals surface area (Å²) >= 11 is 4.70. The lowest BCUT2D eigenvalue weighted by atomic mass is 10.2. The Bertz CT molecular complexity index is 1220. The fraction of sp³-hybridized carbons (Fsp3) is 0.0556. The predicted octanol–water partition coefficient (Wildman–Crippen LogP) is 3.28. The van der Waals surface area contributed by atoms with Crippen LogP contribution in [0.2, 0.25) is 0 Å². The van der Waals surface area contributed by atoms with Gasteiger partial charge < -0.3 is 4.74 Å². The molecule has 0 atom stereocenters. The third kappa shape index (κ3) is 3.02. The number of fused-ring (bicyclic) bond motifs is 1. The summed E-state index contributed by atoms with van der Waals surface area (Å²) in [5, 5.41) is 4.33. The van der Waals surface area contributed by atoms with Gasteiger partial charge in [0.05, 0.1) is 11.6 Å². The fourth-order valence-electron chi connectivity index (χ4n) is 2.46. The molecule has 2 aromatic carbocycles. The highest BCUT2D eigenvalue weighted by molar-refractivity contribution is 9.10. The van der Waals surface area contributed by atoms with Crippen LogP contribution in [0.3, 0.4) is 0 Å². The molecule has 0 unspecified atom stereocenters. The first-order chi connectivity index (χ1) is 12.5. The summed E-state index contributed by atoms with van der Waals surface area (Å²) in [6, 6.07) is 11.4. The second-order valence-corrected chi connectivity index (χ2v) is 7.31. The number of thiazole rings is 1. The van der Waals surface area contributed by atoms with E-state index in [2.05, 4.69) is 26.0 Å². The summed E-state index contributed by atoms with van der Waals surface area (Å²) in [5.74, 6) is 0.794. The average molecular weight is 432 g/mol. The van der Waals surface area contributed by atoms with E-state index in [9.17, 15) is 9.18 Å². The summed E-state index contributed by atoms with van der Waals surface area (Å²) in [6.07, 6.45) is 1.70. The SMILES string of the molecule is COc1ccc(Br)c(-c2nc3s/c(=C/c4ccc(F)cc4)c(=O)n3n2)c1. The first-order valence-corrected chi connectivity index (χ1v) is 9.17. The molecule has 0 aliphatic heterocycles. The molecule has 2 heterocycles. The smallest absolute Gasteiger partial charge is 0.291 e. The van der Waals surface area contributed by atoms with E-state index >= 15 is 0 Å². The number of hydrogen-bond acceptors (Lipinski definition) is 5. The second-order valence-electron chi connectivity index (χ2n) is 5.44. The van der Waals surface area contributed by atoms with Gasteiger partial charge in [-0.1, -0.05) is 39.4 Å². The van der Waals surface area contributed by atoms with Crippen LogP contribution < -0.4 is 14.8 Å². The lowest BCUT2D eigenvalue weighted by Crippen LogP contribution is -2.23. The van der Waals surface area contributed by atoms with Crippen LogP contribution in [-0.2, 0) is 0 Å². The van der Waals surface area contributed by atoms with Crippen LogP contribution in [0.15, 0.2) is 51.7 Å². The summed E-state index contributed by atoms with van der Waals surface area (Å²) in [5.41, 5.74) is 1.22. The summed E-state index contributed by atoms with van der Waals surface area (Å²) < 4.78 is 20.8. The van der Waals surface area contributed by atoms with Crippen LogP contribution in [0, 0.1) is 5.82 Å². The molecule has 0 amide bonds. The molecule has 0 fully saturated rings. The standard InChI is InChI=1S/C18H11BrFN3O2S/c1-25-12-6-7-14(19)13(9-12)16-21-18-23(22-16)17(24)15(26-18)8-10-2-4-11(20)5-3-10/h2-9H,1H3/b15-8+. The van der Waals surface area contributed by atoms with Crippen LogP contribution in [0.5, 0.6) is 5.75 Å². The monoisotopic (exact) mass is 431 g/mol. The Hall–Kier alpha value is -2.58. The zero-order valence-electron chi connectivity index (χ0n) is 13.4. The minimum absolute atomic E-state index is 0.257. The number of nitrogens with zero attached hydrogens (tertiary/aromatic N) is 3. The number of ether oxygens (including phenoxy) is 1. The van der Waals surface area contributed by atoms with Gasteiger partial charge in [-0.25, -0.2) is 4.39 Å². The quantitative estimate of drug-likeness (QED) is 0.499. The van der Waals surface area contributed by atoms with Crippen molar-refractivity contribution in [3.8, 4) is 17.1 Å². The molecule has 0 saturated heterocycles. The molecule has 26 heavy (non-hydrogen) atoms. The van der Waals surface area contributed by atoms with Crippen molar-refractivity contribution in [3.05, 3.63) is 73.2 Å². The highest BCUT2D eigenvalue weighted by Crippen LogP contribution is 2.30. The zero-order valence-corrected chi connectivity index (χ0v) is 15.8. The first-order valence-electron chi connectivity index (χ1n) is 7.56. The molecule has 0 N–H and O–H groups in total. The van der Waals surface area contributed by atoms with Crippen LogP contribution >= 0.6 is 27.3 Å². The van der Waals surface area contributed by atoms with Crippen molar-refractivity contribution in [2.45, 2.75) is 0 Å². The molecule has 0 spiro atoms. The van der Waals surface area contributed by atoms with Gasteiger partial charge >= 0.3 is 0 Å². The molecule has 2 aromatic heterocycles. The molecule has 130 valence electrons. The molecular weight excluding hydrogens is 421 g/mol. The lowest BCUT2D eigenvalue weighted by Gasteiger charge is -2.03. The van der Waals surface area contributed by atoms with Gasteiger partial charge in [-0.15, -0.1) is 5.10 Å². The molecule has 0 saturated carbocycles. The maximum Gasteiger partial charge on any atom is 0.291 e. The van der Waals surface area contributed by atoms with E-state index < -0.39 is 0 Å². The maximum atomic E-state index is 13.0. The Balaban J connectivity index is 1.81. The van der Waals surface area contributed by atoms with Crippen molar-refractivity contribution in [1.82, 2.24) is 14.6 Å². The van der Waals surface area contributed by atoms with Crippen molar-refractivity contribution >= 4 is 38.3 Å². The number of benzene rings is 2. The van der Waals surface area contributed by atoms with Gasteiger partial charge in [0.2, 0.25) is 4.96 Å². The minimum Gasteiger partial charge on any atom is -0.497 e. The zero-order chi connectivity index (χ0) is 18.3. The molecule has 0 aliphatic carbocycles. The van der Waals surface area contributed by atoms with Gasteiger partial charge in [0.1, 0.15) is 11.6 Å². The Morgan fingerprint density at radius 3 is 2.69 bits per heavy atom. The van der Waals surface area contributed by atoms with E-state index in [1.54, 1.807) is 31.4 Å². The molecule has 8 heteroatoms. The maximum absolute atomic E-state index is 13.0. The predicted molar refractivity (Wildman–Crippen MR) is 102 cm³/mol. The Morgan fingerprint density at radius 1 is 1.23 bits per heavy atom. The highest BCUT2D eigenvalue weighted by Gasteiger charge is 2.14. The van der Waals surface area contributed by atoms with Crippen molar-refractivity contribution in [2.75, 3.05) is 7.11 Å². The summed E-state index contributed by atoms with van der Waals surface area (Å²) in [4.78, 5) is 17.5. The van der Waals surface area contributed by atoms with Crippen LogP contribution in [0.1, 0.15) is 5.56 Å². The fourth-order valence-corrected chi connectivity index (χ4v) is 3.79. The molecular formula is C18H11BrFN3O2S. The van der Waals surface area contributed by atoms with Crippen molar-refractivity contribution in [3.63, 3.8) is 0 Å². The van der Waals surface area contributed by atoms with Crippen molar-refractivity contribution in [2.24, 2.45) is 0 Å². The number of aromatic nitrogens is 3. The number of rotatable bonds is 3. The number of methoxy groups -OCH3 is 1. The Kier molecular flexibility index (Phi) is 4.29. The lowest BCUT2D eigenvalue weighted by molar-refractivity contribution is 0.415. The molecule has 4 rings (SSSR count). The van der Waals surface area contributed by atoms with E-state index in [4.69, 9.17) is 4.74 Å². The van der Waals surface area contributed by atoms with Crippen LogP contribution in [-0.4, -0.2) is 21.7 Å². The number of hydrogen-bond donors (Lipinski definition) is 0. The largest absolute Gasteiger partial charge is 0.497 e. The molecule has 0 bridgehead atoms. The van der Waals surface area contributed by atoms with Gasteiger partial charge in [0.15, 0.2) is 5.82 Å². The molecule has 0 aliphatic rings. The average Bonchev–Trinajstić information content (AvgIpc) is 3.17. The normalized spacial score (nSPS) is 12.0. The third-order valence-corrected chi connectivity index (χ3v) is 5.41. The Morgan fingerprint density at radius 2 is 2.00 bits per heavy atom. The summed E-state index contributed by atoms with van der Waals surface area (Å²) in [6.45, 7) is 0. The minimum atomic E-state index is -0.319. The van der Waals surface area contributed by atoms with Gasteiger partial charge in [0, 0.05) is 10.0 Å². The van der Waals surface area contributed by atoms with Gasteiger partial charge in [-0.3, -0.25) is 4.79 Å². The van der Waals surface area contributed by atoms with Gasteiger partial charge in [-0.2, -0.15) is 9.50 Å². The van der Waals surface area contributed by atoms with E-state index in [-0.39, 0.29) is 11.4 Å². The van der Waals surface area contributed by atoms with E-state index in [0.717, 1.165) is 15.6 Å². The van der Waals surface area contributed by atoms with Crippen LogP contribution in [0.4, 0.5) is 4.39 Å². The molecule has 0 radical (unpaired) electrons. The molecule has 5 nitrogen and oxygen atoms in total. The highest BCUT2D eigenvalue weighted by atomic mass is 79.9. The third-order valence-electron chi connectivity index (χ3n) is 3.76. The Labute approximate surface area is 159 Å². The van der Waals surface area contributed by atoms with E-state index in [1.165, 1.54) is 28.0 Å². The number of halogens is 2. The van der Waals surface area contributed by atoms with Gasteiger partial charge in [-0.05, 0) is 42.0 Å². The molecule has 4 aromatic rings. The van der Waals surface area contributed by atoms with Crippen LogP contribution in [0.25, 0.3) is 22.4 Å². The van der Waals surface area contributed by atoms with Crippen molar-refractivity contribution in [1.29, 1.82) is 0 Å². The van der Waals surface area contributed by atoms with Gasteiger partial charge in [0.25, 0.3) is 5.56 Å². The van der Waals surface area contributed by atoms with E-state index in [1.807, 2.05) is 12.1 Å². The van der Waals surface area contributed by atoms with Crippen molar-refractivity contribution < 1.29 is 9.13 Å². The van der Waals surface area contributed by atoms with E-state index in [0.29, 0.717) is 21.1 Å².